The Morgan fingerprint density at radius 2 is 2.04 bits per heavy atom. The highest BCUT2D eigenvalue weighted by Gasteiger charge is 2.37. The summed E-state index contributed by atoms with van der Waals surface area (Å²) in [5, 5.41) is 12.7. The number of nitrogens with one attached hydrogen (secondary N) is 1. The van der Waals surface area contributed by atoms with Gasteiger partial charge in [0.1, 0.15) is 6.04 Å². The Labute approximate surface area is 142 Å². The van der Waals surface area contributed by atoms with Crippen molar-refractivity contribution < 1.29 is 19.1 Å². The van der Waals surface area contributed by atoms with E-state index >= 15 is 0 Å². The van der Waals surface area contributed by atoms with E-state index in [2.05, 4.69) is 5.32 Å². The normalized spacial score (nSPS) is 27.7. The number of aliphatic hydroxyl groups is 1. The van der Waals surface area contributed by atoms with Crippen LogP contribution in [0.4, 0.5) is 0 Å². The summed E-state index contributed by atoms with van der Waals surface area (Å²) in [6, 6.07) is 2.87. The first kappa shape index (κ1) is 17.0. The highest BCUT2D eigenvalue weighted by molar-refractivity contribution is 5.96. The number of hydrogen-bond donors (Lipinski definition) is 2. The molecule has 3 unspecified atom stereocenters. The summed E-state index contributed by atoms with van der Waals surface area (Å²) >= 11 is 0. The molecule has 1 saturated carbocycles. The van der Waals surface area contributed by atoms with E-state index in [1.54, 1.807) is 17.0 Å². The van der Waals surface area contributed by atoms with Crippen molar-refractivity contribution in [3.05, 3.63) is 24.2 Å². The van der Waals surface area contributed by atoms with Crippen LogP contribution in [0.3, 0.4) is 0 Å². The molecular weight excluding hydrogens is 308 g/mol. The molecular formula is C18H26N2O4. The van der Waals surface area contributed by atoms with E-state index < -0.39 is 6.04 Å². The summed E-state index contributed by atoms with van der Waals surface area (Å²) < 4.78 is 5.18. The van der Waals surface area contributed by atoms with E-state index in [0.717, 1.165) is 38.5 Å². The molecule has 3 atom stereocenters. The molecule has 0 aromatic carbocycles. The zero-order valence-corrected chi connectivity index (χ0v) is 13.9. The maximum atomic E-state index is 12.8. The summed E-state index contributed by atoms with van der Waals surface area (Å²) in [6.45, 7) is 0.677. The summed E-state index contributed by atoms with van der Waals surface area (Å²) in [5.74, 6) is 0.0689. The SMILES string of the molecule is O=C(NC1CCCCCC1CO)C1CCCN1C(=O)c1ccco1. The lowest BCUT2D eigenvalue weighted by Crippen LogP contribution is -2.50. The molecule has 3 rings (SSSR count). The molecule has 1 aromatic rings. The third-order valence-electron chi connectivity index (χ3n) is 5.27. The Bertz CT molecular complexity index is 557. The van der Waals surface area contributed by atoms with Gasteiger partial charge in [0.15, 0.2) is 5.76 Å². The summed E-state index contributed by atoms with van der Waals surface area (Å²) in [6.07, 6.45) is 8.13. The van der Waals surface area contributed by atoms with E-state index in [1.165, 1.54) is 6.26 Å². The molecule has 1 aromatic heterocycles. The number of aliphatic hydroxyl groups excluding tert-OH is 1. The maximum absolute atomic E-state index is 12.8. The van der Waals surface area contributed by atoms with Gasteiger partial charge >= 0.3 is 0 Å². The predicted octanol–water partition coefficient (Wildman–Crippen LogP) is 1.94. The number of carbonyl (C=O) groups excluding carboxylic acids is 2. The van der Waals surface area contributed by atoms with Gasteiger partial charge in [-0.1, -0.05) is 19.3 Å². The first-order chi connectivity index (χ1) is 11.7. The number of furan rings is 1. The van der Waals surface area contributed by atoms with Crippen LogP contribution in [0.1, 0.15) is 55.5 Å². The second-order valence-electron chi connectivity index (χ2n) is 6.83. The third-order valence-corrected chi connectivity index (χ3v) is 5.27. The maximum Gasteiger partial charge on any atom is 0.290 e. The fourth-order valence-electron chi connectivity index (χ4n) is 3.90. The number of carbonyl (C=O) groups is 2. The Morgan fingerprint density at radius 3 is 2.79 bits per heavy atom. The molecule has 1 saturated heterocycles. The first-order valence-electron chi connectivity index (χ1n) is 8.96. The summed E-state index contributed by atoms with van der Waals surface area (Å²) in [4.78, 5) is 26.9. The lowest BCUT2D eigenvalue weighted by atomic mass is 9.95. The van der Waals surface area contributed by atoms with Crippen LogP contribution < -0.4 is 5.32 Å². The highest BCUT2D eigenvalue weighted by atomic mass is 16.3. The zero-order chi connectivity index (χ0) is 16.9. The van der Waals surface area contributed by atoms with Crippen LogP contribution in [0.5, 0.6) is 0 Å². The molecule has 1 aliphatic heterocycles. The van der Waals surface area contributed by atoms with Gasteiger partial charge < -0.3 is 19.7 Å². The van der Waals surface area contributed by atoms with Crippen LogP contribution in [-0.4, -0.2) is 47.1 Å². The van der Waals surface area contributed by atoms with E-state index in [9.17, 15) is 14.7 Å². The van der Waals surface area contributed by atoms with Crippen molar-refractivity contribution in [1.82, 2.24) is 10.2 Å². The molecule has 2 N–H and O–H groups in total. The van der Waals surface area contributed by atoms with Gasteiger partial charge in [0.05, 0.1) is 6.26 Å². The quantitative estimate of drug-likeness (QED) is 0.825. The minimum Gasteiger partial charge on any atom is -0.459 e. The largest absolute Gasteiger partial charge is 0.459 e. The zero-order valence-electron chi connectivity index (χ0n) is 13.9. The van der Waals surface area contributed by atoms with Gasteiger partial charge in [0.2, 0.25) is 5.91 Å². The van der Waals surface area contributed by atoms with Crippen LogP contribution in [0, 0.1) is 5.92 Å². The van der Waals surface area contributed by atoms with Crippen LogP contribution >= 0.6 is 0 Å². The highest BCUT2D eigenvalue weighted by Crippen LogP contribution is 2.25. The number of amides is 2. The van der Waals surface area contributed by atoms with Crippen molar-refractivity contribution in [2.45, 2.75) is 57.0 Å². The van der Waals surface area contributed by atoms with E-state index in [-0.39, 0.29) is 36.1 Å². The van der Waals surface area contributed by atoms with Crippen LogP contribution in [0.2, 0.25) is 0 Å². The Morgan fingerprint density at radius 1 is 1.21 bits per heavy atom. The van der Waals surface area contributed by atoms with E-state index in [0.29, 0.717) is 13.0 Å². The number of likely N-dealkylation sites (tertiary alicyclic amines) is 1. The fourth-order valence-corrected chi connectivity index (χ4v) is 3.90. The molecule has 2 heterocycles. The molecule has 1 aliphatic carbocycles. The van der Waals surface area contributed by atoms with Crippen molar-refractivity contribution >= 4 is 11.8 Å². The van der Waals surface area contributed by atoms with Crippen molar-refractivity contribution in [3.63, 3.8) is 0 Å². The molecule has 6 heteroatoms. The van der Waals surface area contributed by atoms with Gasteiger partial charge in [-0.3, -0.25) is 9.59 Å². The van der Waals surface area contributed by atoms with Gasteiger partial charge in [-0.05, 0) is 37.8 Å². The smallest absolute Gasteiger partial charge is 0.290 e. The summed E-state index contributed by atoms with van der Waals surface area (Å²) in [5.41, 5.74) is 0. The molecule has 0 spiro atoms. The molecule has 2 aliphatic rings. The Kier molecular flexibility index (Phi) is 5.56. The number of rotatable bonds is 4. The Hall–Kier alpha value is -1.82. The second-order valence-corrected chi connectivity index (χ2v) is 6.83. The summed E-state index contributed by atoms with van der Waals surface area (Å²) in [7, 11) is 0. The standard InChI is InChI=1S/C18H26N2O4/c21-12-13-6-2-1-3-7-14(13)19-17(22)15-8-4-10-20(15)18(23)16-9-5-11-24-16/h5,9,11,13-15,21H,1-4,6-8,10,12H2,(H,19,22). The second kappa shape index (κ2) is 7.83. The molecule has 6 nitrogen and oxygen atoms in total. The fraction of sp³-hybridized carbons (Fsp3) is 0.667. The van der Waals surface area contributed by atoms with Crippen molar-refractivity contribution in [2.24, 2.45) is 5.92 Å². The molecule has 132 valence electrons. The molecule has 2 amide bonds. The van der Waals surface area contributed by atoms with Crippen LogP contribution in [0.15, 0.2) is 22.8 Å². The van der Waals surface area contributed by atoms with Crippen LogP contribution in [0.25, 0.3) is 0 Å². The van der Waals surface area contributed by atoms with Crippen molar-refractivity contribution in [1.29, 1.82) is 0 Å². The molecule has 2 fully saturated rings. The number of hydrogen-bond acceptors (Lipinski definition) is 4. The van der Waals surface area contributed by atoms with E-state index in [4.69, 9.17) is 4.42 Å². The van der Waals surface area contributed by atoms with Gasteiger partial charge in [0, 0.05) is 25.1 Å². The minimum atomic E-state index is -0.440. The van der Waals surface area contributed by atoms with Gasteiger partial charge in [-0.15, -0.1) is 0 Å². The average molecular weight is 334 g/mol. The molecule has 0 bridgehead atoms. The number of nitrogens with zero attached hydrogens (tertiary/aromatic N) is 1. The monoisotopic (exact) mass is 334 g/mol. The van der Waals surface area contributed by atoms with Crippen molar-refractivity contribution in [3.8, 4) is 0 Å². The molecule has 0 radical (unpaired) electrons. The van der Waals surface area contributed by atoms with E-state index in [1.807, 2.05) is 0 Å². The average Bonchev–Trinajstić information content (AvgIpc) is 3.24. The van der Waals surface area contributed by atoms with Gasteiger partial charge in [0.25, 0.3) is 5.91 Å². The van der Waals surface area contributed by atoms with Crippen LogP contribution in [-0.2, 0) is 4.79 Å². The topological polar surface area (TPSA) is 82.8 Å². The van der Waals surface area contributed by atoms with Gasteiger partial charge in [-0.2, -0.15) is 0 Å². The predicted molar refractivity (Wildman–Crippen MR) is 88.4 cm³/mol. The third kappa shape index (κ3) is 3.64. The lowest BCUT2D eigenvalue weighted by molar-refractivity contribution is -0.126. The lowest BCUT2D eigenvalue weighted by Gasteiger charge is -2.29. The first-order valence-corrected chi connectivity index (χ1v) is 8.96. The van der Waals surface area contributed by atoms with Gasteiger partial charge in [-0.25, -0.2) is 0 Å². The van der Waals surface area contributed by atoms with Crippen molar-refractivity contribution in [2.75, 3.05) is 13.2 Å². The minimum absolute atomic E-state index is 0.00571. The Balaban J connectivity index is 1.65. The molecule has 24 heavy (non-hydrogen) atoms.